The number of likely N-dealkylation sites (N-methyl/N-ethyl adjacent to an activating group) is 1. The normalized spacial score (nSPS) is 24.6. The average molecular weight is 294 g/mol. The van der Waals surface area contributed by atoms with Gasteiger partial charge in [-0.25, -0.2) is 0 Å². The topological polar surface area (TPSA) is 20.3 Å². The standard InChI is InChI=1S/C17H24ClNO/c1-12-4-10-16(11-5-12)19(3)13(2)17(20)14-6-8-15(18)9-7-14/h6-9,12-13,16H,4-5,10-11H2,1-3H3. The SMILES string of the molecule is CC1CCC(N(C)C(C)C(=O)c2ccc(Cl)cc2)CC1. The summed E-state index contributed by atoms with van der Waals surface area (Å²) in [7, 11) is 2.08. The number of carbonyl (C=O) groups excluding carboxylic acids is 1. The molecule has 1 unspecified atom stereocenters. The molecule has 1 aliphatic rings. The molecule has 0 aromatic heterocycles. The van der Waals surface area contributed by atoms with Gasteiger partial charge in [-0.05, 0) is 69.8 Å². The quantitative estimate of drug-likeness (QED) is 0.766. The summed E-state index contributed by atoms with van der Waals surface area (Å²) in [6.45, 7) is 4.33. The van der Waals surface area contributed by atoms with Gasteiger partial charge in [0.1, 0.15) is 0 Å². The van der Waals surface area contributed by atoms with E-state index in [1.54, 1.807) is 12.1 Å². The molecule has 1 fully saturated rings. The number of rotatable bonds is 4. The smallest absolute Gasteiger partial charge is 0.179 e. The predicted octanol–water partition coefficient (Wildman–Crippen LogP) is 4.42. The molecule has 20 heavy (non-hydrogen) atoms. The van der Waals surface area contributed by atoms with Gasteiger partial charge in [0.05, 0.1) is 6.04 Å². The Balaban J connectivity index is 2.00. The van der Waals surface area contributed by atoms with Crippen LogP contribution in [0.5, 0.6) is 0 Å². The molecule has 1 aromatic rings. The van der Waals surface area contributed by atoms with E-state index in [1.165, 1.54) is 25.7 Å². The van der Waals surface area contributed by atoms with E-state index in [-0.39, 0.29) is 11.8 Å². The van der Waals surface area contributed by atoms with Crippen molar-refractivity contribution in [3.63, 3.8) is 0 Å². The number of halogens is 1. The highest BCUT2D eigenvalue weighted by Gasteiger charge is 2.28. The van der Waals surface area contributed by atoms with Crippen molar-refractivity contribution >= 4 is 17.4 Å². The van der Waals surface area contributed by atoms with Crippen LogP contribution in [0.4, 0.5) is 0 Å². The molecule has 0 heterocycles. The Kier molecular flexibility index (Phi) is 5.22. The van der Waals surface area contributed by atoms with Gasteiger partial charge in [-0.2, -0.15) is 0 Å². The number of carbonyl (C=O) groups is 1. The molecule has 0 aliphatic heterocycles. The fourth-order valence-corrected chi connectivity index (χ4v) is 3.13. The van der Waals surface area contributed by atoms with Crippen molar-refractivity contribution in [1.82, 2.24) is 4.90 Å². The van der Waals surface area contributed by atoms with Gasteiger partial charge in [-0.1, -0.05) is 18.5 Å². The van der Waals surface area contributed by atoms with Gasteiger partial charge < -0.3 is 0 Å². The zero-order valence-electron chi connectivity index (χ0n) is 12.6. The lowest BCUT2D eigenvalue weighted by molar-refractivity contribution is 0.0758. The Bertz CT molecular complexity index is 449. The van der Waals surface area contributed by atoms with E-state index in [4.69, 9.17) is 11.6 Å². The maximum absolute atomic E-state index is 12.5. The van der Waals surface area contributed by atoms with Gasteiger partial charge in [-0.15, -0.1) is 0 Å². The van der Waals surface area contributed by atoms with Crippen LogP contribution < -0.4 is 0 Å². The van der Waals surface area contributed by atoms with Gasteiger partial charge in [0.25, 0.3) is 0 Å². The van der Waals surface area contributed by atoms with Gasteiger partial charge in [0.2, 0.25) is 0 Å². The summed E-state index contributed by atoms with van der Waals surface area (Å²) in [4.78, 5) is 14.8. The van der Waals surface area contributed by atoms with Crippen LogP contribution in [0.2, 0.25) is 5.02 Å². The first-order valence-electron chi connectivity index (χ1n) is 7.50. The summed E-state index contributed by atoms with van der Waals surface area (Å²) in [5.41, 5.74) is 0.748. The summed E-state index contributed by atoms with van der Waals surface area (Å²) >= 11 is 5.87. The van der Waals surface area contributed by atoms with Gasteiger partial charge in [-0.3, -0.25) is 9.69 Å². The van der Waals surface area contributed by atoms with Crippen molar-refractivity contribution < 1.29 is 4.79 Å². The zero-order chi connectivity index (χ0) is 14.7. The molecule has 0 saturated heterocycles. The van der Waals surface area contributed by atoms with Crippen LogP contribution in [0, 0.1) is 5.92 Å². The number of Topliss-reactive ketones (excluding diaryl/α,β-unsaturated/α-hetero) is 1. The van der Waals surface area contributed by atoms with Crippen LogP contribution in [0.3, 0.4) is 0 Å². The van der Waals surface area contributed by atoms with E-state index in [0.717, 1.165) is 11.5 Å². The minimum atomic E-state index is -0.0745. The Morgan fingerprint density at radius 3 is 2.30 bits per heavy atom. The summed E-state index contributed by atoms with van der Waals surface area (Å²) in [6.07, 6.45) is 4.96. The maximum Gasteiger partial charge on any atom is 0.179 e. The Morgan fingerprint density at radius 2 is 1.75 bits per heavy atom. The van der Waals surface area contributed by atoms with Crippen LogP contribution in [0.1, 0.15) is 49.9 Å². The molecular formula is C17H24ClNO. The first-order valence-corrected chi connectivity index (χ1v) is 7.88. The molecule has 0 N–H and O–H groups in total. The van der Waals surface area contributed by atoms with Gasteiger partial charge in [0, 0.05) is 16.6 Å². The highest BCUT2D eigenvalue weighted by Crippen LogP contribution is 2.28. The van der Waals surface area contributed by atoms with Crippen molar-refractivity contribution in [1.29, 1.82) is 0 Å². The van der Waals surface area contributed by atoms with E-state index in [1.807, 2.05) is 19.1 Å². The summed E-state index contributed by atoms with van der Waals surface area (Å²) < 4.78 is 0. The first-order chi connectivity index (χ1) is 9.49. The highest BCUT2D eigenvalue weighted by molar-refractivity contribution is 6.30. The molecule has 0 bridgehead atoms. The van der Waals surface area contributed by atoms with E-state index >= 15 is 0 Å². The van der Waals surface area contributed by atoms with Crippen LogP contribution in [0.25, 0.3) is 0 Å². The minimum Gasteiger partial charge on any atom is -0.294 e. The molecule has 2 nitrogen and oxygen atoms in total. The molecule has 3 heteroatoms. The lowest BCUT2D eigenvalue weighted by atomic mass is 9.86. The van der Waals surface area contributed by atoms with E-state index in [0.29, 0.717) is 11.1 Å². The largest absolute Gasteiger partial charge is 0.294 e. The van der Waals surface area contributed by atoms with Crippen molar-refractivity contribution in [2.75, 3.05) is 7.05 Å². The van der Waals surface area contributed by atoms with E-state index < -0.39 is 0 Å². The second-order valence-electron chi connectivity index (χ2n) is 6.13. The van der Waals surface area contributed by atoms with Crippen molar-refractivity contribution in [3.05, 3.63) is 34.9 Å². The van der Waals surface area contributed by atoms with Crippen molar-refractivity contribution in [2.45, 2.75) is 51.6 Å². The molecule has 0 amide bonds. The van der Waals surface area contributed by atoms with Gasteiger partial charge in [0.15, 0.2) is 5.78 Å². The van der Waals surface area contributed by atoms with E-state index in [9.17, 15) is 4.79 Å². The molecule has 1 aromatic carbocycles. The third-order valence-corrected chi connectivity index (χ3v) is 4.93. The number of benzene rings is 1. The molecule has 110 valence electrons. The van der Waals surface area contributed by atoms with E-state index in [2.05, 4.69) is 18.9 Å². The van der Waals surface area contributed by atoms with Crippen LogP contribution in [-0.4, -0.2) is 29.8 Å². The second kappa shape index (κ2) is 6.73. The van der Waals surface area contributed by atoms with Gasteiger partial charge >= 0.3 is 0 Å². The third kappa shape index (κ3) is 3.62. The highest BCUT2D eigenvalue weighted by atomic mass is 35.5. The van der Waals surface area contributed by atoms with Crippen molar-refractivity contribution in [2.24, 2.45) is 5.92 Å². The van der Waals surface area contributed by atoms with Crippen LogP contribution in [-0.2, 0) is 0 Å². The maximum atomic E-state index is 12.5. The lowest BCUT2D eigenvalue weighted by Gasteiger charge is -2.36. The number of ketones is 1. The molecule has 1 saturated carbocycles. The summed E-state index contributed by atoms with van der Waals surface area (Å²) in [5, 5.41) is 0.670. The predicted molar refractivity (Wildman–Crippen MR) is 84.4 cm³/mol. The molecule has 0 spiro atoms. The lowest BCUT2D eigenvalue weighted by Crippen LogP contribution is -2.44. The first kappa shape index (κ1) is 15.5. The van der Waals surface area contributed by atoms with Crippen LogP contribution in [0.15, 0.2) is 24.3 Å². The van der Waals surface area contributed by atoms with Crippen LogP contribution >= 0.6 is 11.6 Å². The Hall–Kier alpha value is -0.860. The average Bonchev–Trinajstić information content (AvgIpc) is 2.46. The summed E-state index contributed by atoms with van der Waals surface area (Å²) in [6, 6.07) is 7.66. The number of hydrogen-bond acceptors (Lipinski definition) is 2. The molecule has 2 rings (SSSR count). The fourth-order valence-electron chi connectivity index (χ4n) is 3.01. The molecular weight excluding hydrogens is 270 g/mol. The minimum absolute atomic E-state index is 0.0745. The Labute approximate surface area is 127 Å². The second-order valence-corrected chi connectivity index (χ2v) is 6.56. The summed E-state index contributed by atoms with van der Waals surface area (Å²) in [5.74, 6) is 1.02. The molecule has 1 aliphatic carbocycles. The number of hydrogen-bond donors (Lipinski definition) is 0. The molecule has 1 atom stereocenters. The monoisotopic (exact) mass is 293 g/mol. The third-order valence-electron chi connectivity index (χ3n) is 4.68. The number of nitrogens with zero attached hydrogens (tertiary/aromatic N) is 1. The molecule has 0 radical (unpaired) electrons. The fraction of sp³-hybridized carbons (Fsp3) is 0.588. The Morgan fingerprint density at radius 1 is 1.20 bits per heavy atom. The zero-order valence-corrected chi connectivity index (χ0v) is 13.4. The van der Waals surface area contributed by atoms with Crippen molar-refractivity contribution in [3.8, 4) is 0 Å².